The van der Waals surface area contributed by atoms with Gasteiger partial charge in [0.2, 0.25) is 0 Å². The van der Waals surface area contributed by atoms with Gasteiger partial charge in [-0.1, -0.05) is 0 Å². The number of hydrogen-bond donors (Lipinski definition) is 0. The summed E-state index contributed by atoms with van der Waals surface area (Å²) in [5, 5.41) is 8.65. The lowest BCUT2D eigenvalue weighted by molar-refractivity contribution is 0.0581. The van der Waals surface area contributed by atoms with E-state index in [1.807, 2.05) is 36.9 Å². The highest BCUT2D eigenvalue weighted by Crippen LogP contribution is 2.49. The van der Waals surface area contributed by atoms with Gasteiger partial charge in [0.15, 0.2) is 5.82 Å². The van der Waals surface area contributed by atoms with Crippen molar-refractivity contribution in [3.63, 3.8) is 0 Å². The average Bonchev–Trinajstić information content (AvgIpc) is 3.13. The van der Waals surface area contributed by atoms with Crippen LogP contribution in [0.4, 0.5) is 20.7 Å². The monoisotopic (exact) mass is 453 g/mol. The van der Waals surface area contributed by atoms with Gasteiger partial charge in [-0.2, -0.15) is 5.10 Å². The second-order valence-electron chi connectivity index (χ2n) is 9.51. The molecule has 3 aliphatic rings. The van der Waals surface area contributed by atoms with E-state index in [1.165, 1.54) is 0 Å². The van der Waals surface area contributed by atoms with Gasteiger partial charge in [0.25, 0.3) is 0 Å². The summed E-state index contributed by atoms with van der Waals surface area (Å²) in [6.45, 7) is 8.45. The Bertz CT molecular complexity index is 998. The molecule has 33 heavy (non-hydrogen) atoms. The van der Waals surface area contributed by atoms with Gasteiger partial charge in [-0.15, -0.1) is 5.10 Å². The predicted molar refractivity (Wildman–Crippen MR) is 124 cm³/mol. The Morgan fingerprint density at radius 1 is 1.12 bits per heavy atom. The van der Waals surface area contributed by atoms with Crippen LogP contribution < -0.4 is 4.90 Å². The van der Waals surface area contributed by atoms with E-state index in [0.717, 1.165) is 81.2 Å². The zero-order chi connectivity index (χ0) is 23.0. The lowest BCUT2D eigenvalue weighted by Crippen LogP contribution is -2.52. The van der Waals surface area contributed by atoms with Gasteiger partial charge in [-0.05, 0) is 88.5 Å². The van der Waals surface area contributed by atoms with E-state index >= 15 is 0 Å². The number of anilines is 2. The first-order valence-corrected chi connectivity index (χ1v) is 12.0. The van der Waals surface area contributed by atoms with Crippen molar-refractivity contribution >= 4 is 17.6 Å². The van der Waals surface area contributed by atoms with Crippen LogP contribution in [0.25, 0.3) is 0 Å². The molecule has 1 aromatic carbocycles. The maximum absolute atomic E-state index is 14.3. The fourth-order valence-corrected chi connectivity index (χ4v) is 5.75. The topological polar surface area (TPSA) is 61.8 Å². The van der Waals surface area contributed by atoms with E-state index in [0.29, 0.717) is 12.6 Å². The zero-order valence-electron chi connectivity index (χ0n) is 19.5. The number of halogens is 1. The minimum atomic E-state index is -0.197. The van der Waals surface area contributed by atoms with Crippen LogP contribution in [0.1, 0.15) is 43.9 Å². The predicted octanol–water partition coefficient (Wildman–Crippen LogP) is 4.03. The molecule has 1 amide bonds. The molecule has 7 nitrogen and oxygen atoms in total. The Kier molecular flexibility index (Phi) is 5.95. The Morgan fingerprint density at radius 2 is 1.88 bits per heavy atom. The molecule has 2 aromatic rings. The second-order valence-corrected chi connectivity index (χ2v) is 9.51. The normalized spacial score (nSPS) is 20.8. The van der Waals surface area contributed by atoms with Crippen molar-refractivity contribution in [3.8, 4) is 0 Å². The van der Waals surface area contributed by atoms with Crippen molar-refractivity contribution < 1.29 is 13.9 Å². The third-order valence-electron chi connectivity index (χ3n) is 7.60. The zero-order valence-corrected chi connectivity index (χ0v) is 19.5. The number of carbonyl (C=O) groups excluding carboxylic acids is 1. The van der Waals surface area contributed by atoms with Gasteiger partial charge in [0, 0.05) is 36.8 Å². The highest BCUT2D eigenvalue weighted by Gasteiger charge is 2.46. The van der Waals surface area contributed by atoms with Crippen LogP contribution >= 0.6 is 0 Å². The summed E-state index contributed by atoms with van der Waals surface area (Å²) in [5.41, 5.74) is 2.95. The van der Waals surface area contributed by atoms with Crippen LogP contribution in [0, 0.1) is 12.7 Å². The molecule has 0 radical (unpaired) electrons. The maximum atomic E-state index is 14.3. The average molecular weight is 454 g/mol. The highest BCUT2D eigenvalue weighted by molar-refractivity contribution is 5.71. The maximum Gasteiger partial charge on any atom is 0.409 e. The molecule has 0 atom stereocenters. The molecule has 1 aromatic heterocycles. The van der Waals surface area contributed by atoms with Crippen molar-refractivity contribution in [1.29, 1.82) is 0 Å². The summed E-state index contributed by atoms with van der Waals surface area (Å²) in [7, 11) is 0. The van der Waals surface area contributed by atoms with Crippen LogP contribution in [0.15, 0.2) is 30.3 Å². The van der Waals surface area contributed by atoms with E-state index in [4.69, 9.17) is 4.74 Å². The van der Waals surface area contributed by atoms with Gasteiger partial charge in [-0.25, -0.2) is 9.18 Å². The molecular weight excluding hydrogens is 421 g/mol. The first kappa shape index (κ1) is 22.1. The molecule has 1 spiro atoms. The number of aromatic nitrogens is 2. The summed E-state index contributed by atoms with van der Waals surface area (Å²) in [6.07, 6.45) is 3.72. The number of fused-ring (bicyclic) bond motifs is 2. The first-order valence-electron chi connectivity index (χ1n) is 12.0. The minimum Gasteiger partial charge on any atom is -0.450 e. The van der Waals surface area contributed by atoms with Gasteiger partial charge < -0.3 is 19.4 Å². The second kappa shape index (κ2) is 8.89. The van der Waals surface area contributed by atoms with Crippen molar-refractivity contribution in [2.75, 3.05) is 44.2 Å². The van der Waals surface area contributed by atoms with Crippen LogP contribution in [0.3, 0.4) is 0 Å². The van der Waals surface area contributed by atoms with Crippen molar-refractivity contribution in [2.45, 2.75) is 51.0 Å². The van der Waals surface area contributed by atoms with Crippen molar-refractivity contribution in [3.05, 3.63) is 47.4 Å². The molecule has 0 saturated carbocycles. The summed E-state index contributed by atoms with van der Waals surface area (Å²) < 4.78 is 19.5. The molecule has 176 valence electrons. The Labute approximate surface area is 194 Å². The summed E-state index contributed by atoms with van der Waals surface area (Å²) >= 11 is 0. The van der Waals surface area contributed by atoms with Crippen LogP contribution in [-0.4, -0.2) is 71.5 Å². The molecule has 0 unspecified atom stereocenters. The number of piperidine rings is 2. The van der Waals surface area contributed by atoms with Crippen LogP contribution in [0.5, 0.6) is 0 Å². The number of carbonyl (C=O) groups is 1. The van der Waals surface area contributed by atoms with Gasteiger partial charge >= 0.3 is 6.09 Å². The third kappa shape index (κ3) is 4.16. The number of benzene rings is 1. The lowest BCUT2D eigenvalue weighted by Gasteiger charge is -2.45. The molecular formula is C25H32FN5O2. The van der Waals surface area contributed by atoms with Gasteiger partial charge in [0.1, 0.15) is 5.82 Å². The van der Waals surface area contributed by atoms with Gasteiger partial charge in [0.05, 0.1) is 12.3 Å². The number of ether oxygens (including phenoxy) is 1. The van der Waals surface area contributed by atoms with Crippen LogP contribution in [-0.2, 0) is 10.2 Å². The third-order valence-corrected chi connectivity index (χ3v) is 7.60. The van der Waals surface area contributed by atoms with E-state index < -0.39 is 0 Å². The molecule has 3 aliphatic heterocycles. The smallest absolute Gasteiger partial charge is 0.409 e. The molecule has 2 fully saturated rings. The lowest BCUT2D eigenvalue weighted by atomic mass is 9.74. The number of hydrogen-bond acceptors (Lipinski definition) is 6. The molecule has 8 heteroatoms. The van der Waals surface area contributed by atoms with Gasteiger partial charge in [-0.3, -0.25) is 0 Å². The van der Waals surface area contributed by atoms with E-state index in [-0.39, 0.29) is 17.3 Å². The summed E-state index contributed by atoms with van der Waals surface area (Å²) in [4.78, 5) is 18.6. The SMILES string of the molecule is CCOC(=O)N1CCC(N2CCC3(CC2)CN(c2ccc(C)nn2)c2ccc(F)cc23)CC1. The quantitative estimate of drug-likeness (QED) is 0.699. The largest absolute Gasteiger partial charge is 0.450 e. The molecule has 4 heterocycles. The van der Waals surface area contributed by atoms with E-state index in [9.17, 15) is 9.18 Å². The van der Waals surface area contributed by atoms with E-state index in [1.54, 1.807) is 12.1 Å². The van der Waals surface area contributed by atoms with Crippen molar-refractivity contribution in [2.24, 2.45) is 0 Å². The number of rotatable bonds is 3. The molecule has 0 aliphatic carbocycles. The standard InChI is InChI=1S/C25H32FN5O2/c1-3-33-24(32)30-12-8-20(9-13-30)29-14-10-25(11-15-29)17-31(23-7-4-18(2)27-28-23)22-6-5-19(26)16-21(22)25/h4-7,16,20H,3,8-15,17H2,1-2H3. The minimum absolute atomic E-state index is 0.0772. The number of amides is 1. The molecule has 2 saturated heterocycles. The van der Waals surface area contributed by atoms with Crippen LogP contribution in [0.2, 0.25) is 0 Å². The molecule has 5 rings (SSSR count). The Hall–Kier alpha value is -2.74. The van der Waals surface area contributed by atoms with E-state index in [2.05, 4.69) is 20.0 Å². The fraction of sp³-hybridized carbons (Fsp3) is 0.560. The summed E-state index contributed by atoms with van der Waals surface area (Å²) in [6, 6.07) is 9.62. The number of nitrogens with zero attached hydrogens (tertiary/aromatic N) is 5. The Morgan fingerprint density at radius 3 is 2.55 bits per heavy atom. The number of likely N-dealkylation sites (tertiary alicyclic amines) is 2. The Balaban J connectivity index is 1.29. The highest BCUT2D eigenvalue weighted by atomic mass is 19.1. The summed E-state index contributed by atoms with van der Waals surface area (Å²) in [5.74, 6) is 0.637. The number of aryl methyl sites for hydroxylation is 1. The molecule has 0 N–H and O–H groups in total. The van der Waals surface area contributed by atoms with Crippen molar-refractivity contribution in [1.82, 2.24) is 20.0 Å². The fourth-order valence-electron chi connectivity index (χ4n) is 5.75. The molecule has 0 bridgehead atoms. The first-order chi connectivity index (χ1) is 16.0.